The van der Waals surface area contributed by atoms with Crippen LogP contribution in [0.4, 0.5) is 0 Å². The van der Waals surface area contributed by atoms with Gasteiger partial charge in [0.05, 0.1) is 0 Å². The molecule has 1 N–H and O–H groups in total. The highest BCUT2D eigenvalue weighted by Crippen LogP contribution is 2.30. The maximum Gasteiger partial charge on any atom is -0.00231 e. The Kier molecular flexibility index (Phi) is 6.90. The van der Waals surface area contributed by atoms with Gasteiger partial charge in [0.15, 0.2) is 0 Å². The van der Waals surface area contributed by atoms with Crippen molar-refractivity contribution >= 4 is 0 Å². The average Bonchev–Trinajstić information content (AvgIpc) is 2.11. The third-order valence-corrected chi connectivity index (χ3v) is 2.67. The quantitative estimate of drug-likeness (QED) is 0.586. The number of nitrogens with one attached hydrogen (secondary N) is 1. The summed E-state index contributed by atoms with van der Waals surface area (Å²) < 4.78 is 0. The van der Waals surface area contributed by atoms with E-state index in [-0.39, 0.29) is 0 Å². The highest BCUT2D eigenvalue weighted by molar-refractivity contribution is 4.77. The number of rotatable bonds is 8. The van der Waals surface area contributed by atoms with Crippen LogP contribution in [0, 0.1) is 11.3 Å². The lowest BCUT2D eigenvalue weighted by Gasteiger charge is -2.27. The molecule has 14 heavy (non-hydrogen) atoms. The molecule has 0 radical (unpaired) electrons. The van der Waals surface area contributed by atoms with Crippen LogP contribution in [0.15, 0.2) is 12.7 Å². The minimum absolute atomic E-state index is 0.461. The van der Waals surface area contributed by atoms with Crippen molar-refractivity contribution in [1.29, 1.82) is 0 Å². The molecule has 0 bridgehead atoms. The first kappa shape index (κ1) is 13.7. The summed E-state index contributed by atoms with van der Waals surface area (Å²) in [6, 6.07) is 0. The zero-order valence-electron chi connectivity index (χ0n) is 10.4. The highest BCUT2D eigenvalue weighted by Gasteiger charge is 2.19. The molecule has 1 unspecified atom stereocenters. The molecular weight excluding hydrogens is 170 g/mol. The van der Waals surface area contributed by atoms with Crippen molar-refractivity contribution in [3.63, 3.8) is 0 Å². The second-order valence-electron chi connectivity index (χ2n) is 5.11. The first-order valence-electron chi connectivity index (χ1n) is 5.83. The normalized spacial score (nSPS) is 14.0. The lowest BCUT2D eigenvalue weighted by Crippen LogP contribution is -2.25. The van der Waals surface area contributed by atoms with Gasteiger partial charge in [-0.2, -0.15) is 0 Å². The van der Waals surface area contributed by atoms with Crippen LogP contribution in [-0.2, 0) is 0 Å². The lowest BCUT2D eigenvalue weighted by atomic mass is 9.79. The summed E-state index contributed by atoms with van der Waals surface area (Å²) in [7, 11) is 0. The fourth-order valence-corrected chi connectivity index (χ4v) is 2.00. The summed E-state index contributed by atoms with van der Waals surface area (Å²) in [5, 5.41) is 3.41. The molecule has 0 amide bonds. The largest absolute Gasteiger partial charge is 0.317 e. The van der Waals surface area contributed by atoms with E-state index in [1.165, 1.54) is 12.8 Å². The fraction of sp³-hybridized carbons (Fsp3) is 0.846. The first-order valence-corrected chi connectivity index (χ1v) is 5.83. The van der Waals surface area contributed by atoms with Crippen molar-refractivity contribution in [2.24, 2.45) is 11.3 Å². The van der Waals surface area contributed by atoms with Crippen molar-refractivity contribution in [1.82, 2.24) is 5.32 Å². The van der Waals surface area contributed by atoms with E-state index in [9.17, 15) is 0 Å². The Morgan fingerprint density at radius 1 is 1.43 bits per heavy atom. The van der Waals surface area contributed by atoms with Gasteiger partial charge >= 0.3 is 0 Å². The maximum absolute atomic E-state index is 3.78. The minimum atomic E-state index is 0.461. The molecule has 0 fully saturated rings. The van der Waals surface area contributed by atoms with Crippen LogP contribution >= 0.6 is 0 Å². The Labute approximate surface area is 90.0 Å². The second-order valence-corrected chi connectivity index (χ2v) is 5.11. The van der Waals surface area contributed by atoms with Gasteiger partial charge < -0.3 is 5.32 Å². The molecule has 1 atom stereocenters. The van der Waals surface area contributed by atoms with E-state index >= 15 is 0 Å². The smallest absolute Gasteiger partial charge is 0.00231 e. The molecule has 84 valence electrons. The van der Waals surface area contributed by atoms with E-state index in [4.69, 9.17) is 0 Å². The van der Waals surface area contributed by atoms with Crippen molar-refractivity contribution in [2.75, 3.05) is 13.1 Å². The van der Waals surface area contributed by atoms with E-state index in [1.807, 2.05) is 6.08 Å². The van der Waals surface area contributed by atoms with Gasteiger partial charge in [-0.25, -0.2) is 0 Å². The van der Waals surface area contributed by atoms with E-state index in [0.717, 1.165) is 25.4 Å². The van der Waals surface area contributed by atoms with Gasteiger partial charge in [0.25, 0.3) is 0 Å². The summed E-state index contributed by atoms with van der Waals surface area (Å²) in [6.45, 7) is 15.2. The Balaban J connectivity index is 3.75. The Hall–Kier alpha value is -0.300. The van der Waals surface area contributed by atoms with Gasteiger partial charge in [0.2, 0.25) is 0 Å². The standard InChI is InChI=1S/C13H27N/c1-6-8-9-13(4,5)10-12(3)11-14-7-2/h6,12,14H,1,7-11H2,2-5H3. The van der Waals surface area contributed by atoms with Crippen LogP contribution < -0.4 is 5.32 Å². The molecule has 0 spiro atoms. The van der Waals surface area contributed by atoms with Crippen LogP contribution in [0.1, 0.15) is 47.0 Å². The molecule has 1 nitrogen and oxygen atoms in total. The Morgan fingerprint density at radius 2 is 2.07 bits per heavy atom. The van der Waals surface area contributed by atoms with Gasteiger partial charge in [-0.3, -0.25) is 0 Å². The van der Waals surface area contributed by atoms with Crippen molar-refractivity contribution < 1.29 is 0 Å². The van der Waals surface area contributed by atoms with E-state index in [1.54, 1.807) is 0 Å². The summed E-state index contributed by atoms with van der Waals surface area (Å²) >= 11 is 0. The van der Waals surface area contributed by atoms with Gasteiger partial charge in [0, 0.05) is 0 Å². The SMILES string of the molecule is C=CCCC(C)(C)CC(C)CNCC. The minimum Gasteiger partial charge on any atom is -0.317 e. The third-order valence-electron chi connectivity index (χ3n) is 2.67. The summed E-state index contributed by atoms with van der Waals surface area (Å²) in [5.74, 6) is 0.773. The lowest BCUT2D eigenvalue weighted by molar-refractivity contribution is 0.255. The molecular formula is C13H27N. The Morgan fingerprint density at radius 3 is 2.57 bits per heavy atom. The van der Waals surface area contributed by atoms with Gasteiger partial charge in [-0.15, -0.1) is 6.58 Å². The van der Waals surface area contributed by atoms with Crippen molar-refractivity contribution in [3.8, 4) is 0 Å². The Bertz CT molecular complexity index is 149. The number of allylic oxidation sites excluding steroid dienone is 1. The predicted octanol–water partition coefficient (Wildman–Crippen LogP) is 3.61. The zero-order chi connectivity index (χ0) is 11.0. The van der Waals surface area contributed by atoms with Crippen LogP contribution in [0.5, 0.6) is 0 Å². The van der Waals surface area contributed by atoms with Crippen LogP contribution in [0.2, 0.25) is 0 Å². The highest BCUT2D eigenvalue weighted by atomic mass is 14.8. The second kappa shape index (κ2) is 7.05. The topological polar surface area (TPSA) is 12.0 Å². The predicted molar refractivity (Wildman–Crippen MR) is 65.5 cm³/mol. The van der Waals surface area contributed by atoms with E-state index < -0.39 is 0 Å². The van der Waals surface area contributed by atoms with E-state index in [0.29, 0.717) is 5.41 Å². The van der Waals surface area contributed by atoms with Crippen LogP contribution in [0.3, 0.4) is 0 Å². The van der Waals surface area contributed by atoms with Crippen molar-refractivity contribution in [3.05, 3.63) is 12.7 Å². The number of hydrogen-bond acceptors (Lipinski definition) is 1. The molecule has 0 heterocycles. The summed E-state index contributed by atoms with van der Waals surface area (Å²) in [5.41, 5.74) is 0.461. The molecule has 0 aliphatic carbocycles. The molecule has 0 aromatic heterocycles. The van der Waals surface area contributed by atoms with Crippen molar-refractivity contribution in [2.45, 2.75) is 47.0 Å². The van der Waals surface area contributed by atoms with E-state index in [2.05, 4.69) is 39.6 Å². The monoisotopic (exact) mass is 197 g/mol. The molecule has 0 aromatic carbocycles. The molecule has 0 saturated heterocycles. The van der Waals surface area contributed by atoms with Crippen LogP contribution in [0.25, 0.3) is 0 Å². The zero-order valence-corrected chi connectivity index (χ0v) is 10.4. The number of hydrogen-bond donors (Lipinski definition) is 1. The van der Waals surface area contributed by atoms with Gasteiger partial charge in [-0.1, -0.05) is 33.8 Å². The van der Waals surface area contributed by atoms with Gasteiger partial charge in [-0.05, 0) is 43.7 Å². The molecule has 0 aromatic rings. The average molecular weight is 197 g/mol. The summed E-state index contributed by atoms with van der Waals surface area (Å²) in [4.78, 5) is 0. The van der Waals surface area contributed by atoms with Crippen LogP contribution in [-0.4, -0.2) is 13.1 Å². The third kappa shape index (κ3) is 7.14. The summed E-state index contributed by atoms with van der Waals surface area (Å²) in [6.07, 6.45) is 5.72. The molecule has 1 heteroatoms. The molecule has 0 aliphatic heterocycles. The molecule has 0 saturated carbocycles. The van der Waals surface area contributed by atoms with Gasteiger partial charge in [0.1, 0.15) is 0 Å². The maximum atomic E-state index is 3.78. The first-order chi connectivity index (χ1) is 6.52. The molecule has 0 aliphatic rings. The fourth-order valence-electron chi connectivity index (χ4n) is 2.00. The molecule has 0 rings (SSSR count).